The molecule has 1 aliphatic heterocycles. The fourth-order valence-electron chi connectivity index (χ4n) is 2.27. The number of hydrogen-bond acceptors (Lipinski definition) is 3. The van der Waals surface area contributed by atoms with Crippen molar-refractivity contribution < 1.29 is 4.74 Å². The Morgan fingerprint density at radius 3 is 2.24 bits per heavy atom. The van der Waals surface area contributed by atoms with Crippen LogP contribution in [-0.4, -0.2) is 60.8 Å². The van der Waals surface area contributed by atoms with Crippen molar-refractivity contribution in [1.82, 2.24) is 9.80 Å². The fourth-order valence-corrected chi connectivity index (χ4v) is 2.27. The summed E-state index contributed by atoms with van der Waals surface area (Å²) in [6.07, 6.45) is 5.61. The summed E-state index contributed by atoms with van der Waals surface area (Å²) in [4.78, 5) is 4.74. The molecule has 0 aliphatic carbocycles. The van der Waals surface area contributed by atoms with Crippen LogP contribution in [0.4, 0.5) is 0 Å². The van der Waals surface area contributed by atoms with E-state index in [2.05, 4.69) is 50.5 Å². The molecule has 1 fully saturated rings. The maximum atomic E-state index is 5.61. The van der Waals surface area contributed by atoms with Gasteiger partial charge in [-0.3, -0.25) is 9.80 Å². The Bertz CT molecular complexity index is 285. The first-order valence-electron chi connectivity index (χ1n) is 6.31. The second-order valence-electron chi connectivity index (χ2n) is 5.96. The predicted octanol–water partition coefficient (Wildman–Crippen LogP) is 1.44. The molecule has 0 radical (unpaired) electrons. The van der Waals surface area contributed by atoms with Gasteiger partial charge >= 0.3 is 0 Å². The van der Waals surface area contributed by atoms with Crippen molar-refractivity contribution in [2.24, 2.45) is 0 Å². The third-order valence-electron chi connectivity index (χ3n) is 3.81. The number of morpholine rings is 1. The van der Waals surface area contributed by atoms with E-state index in [-0.39, 0.29) is 11.1 Å². The lowest BCUT2D eigenvalue weighted by atomic mass is 9.94. The maximum Gasteiger partial charge on any atom is 0.0768 e. The summed E-state index contributed by atoms with van der Waals surface area (Å²) in [6, 6.07) is 0. The van der Waals surface area contributed by atoms with Crippen LogP contribution in [0, 0.1) is 12.3 Å². The molecule has 0 spiro atoms. The van der Waals surface area contributed by atoms with Gasteiger partial charge in [0.1, 0.15) is 0 Å². The standard InChI is InChI=1S/C14H26N2O/c1-7-13(2,3)15(6)14(4,5)12-16-8-10-17-11-9-16/h1H,8-12H2,2-6H3. The molecule has 1 saturated heterocycles. The van der Waals surface area contributed by atoms with Gasteiger partial charge in [-0.05, 0) is 34.7 Å². The summed E-state index contributed by atoms with van der Waals surface area (Å²) in [6.45, 7) is 13.4. The Labute approximate surface area is 106 Å². The van der Waals surface area contributed by atoms with Gasteiger partial charge in [-0.25, -0.2) is 0 Å². The van der Waals surface area contributed by atoms with Crippen molar-refractivity contribution >= 4 is 0 Å². The van der Waals surface area contributed by atoms with Gasteiger partial charge in [-0.1, -0.05) is 5.92 Å². The Hall–Kier alpha value is -0.560. The van der Waals surface area contributed by atoms with Gasteiger partial charge in [0.05, 0.1) is 18.8 Å². The summed E-state index contributed by atoms with van der Waals surface area (Å²) in [5, 5.41) is 0. The molecule has 1 aliphatic rings. The van der Waals surface area contributed by atoms with Gasteiger partial charge in [0.2, 0.25) is 0 Å². The average Bonchev–Trinajstić information content (AvgIpc) is 2.28. The van der Waals surface area contributed by atoms with Gasteiger partial charge in [0.25, 0.3) is 0 Å². The monoisotopic (exact) mass is 238 g/mol. The zero-order valence-electron chi connectivity index (χ0n) is 11.9. The van der Waals surface area contributed by atoms with Crippen LogP contribution >= 0.6 is 0 Å². The maximum absolute atomic E-state index is 5.61. The molecule has 0 saturated carbocycles. The van der Waals surface area contributed by atoms with E-state index >= 15 is 0 Å². The fraction of sp³-hybridized carbons (Fsp3) is 0.857. The molecular weight excluding hydrogens is 212 g/mol. The highest BCUT2D eigenvalue weighted by molar-refractivity contribution is 5.10. The topological polar surface area (TPSA) is 15.7 Å². The molecule has 17 heavy (non-hydrogen) atoms. The second-order valence-corrected chi connectivity index (χ2v) is 5.96. The van der Waals surface area contributed by atoms with Crippen molar-refractivity contribution in [3.05, 3.63) is 0 Å². The summed E-state index contributed by atoms with van der Waals surface area (Å²) < 4.78 is 5.38. The first kappa shape index (κ1) is 14.5. The Morgan fingerprint density at radius 1 is 1.24 bits per heavy atom. The van der Waals surface area contributed by atoms with Crippen LogP contribution in [0.15, 0.2) is 0 Å². The number of likely N-dealkylation sites (N-methyl/N-ethyl adjacent to an activating group) is 1. The molecule has 0 bridgehead atoms. The summed E-state index contributed by atoms with van der Waals surface area (Å²) in [7, 11) is 2.11. The van der Waals surface area contributed by atoms with Crippen molar-refractivity contribution in [1.29, 1.82) is 0 Å². The highest BCUT2D eigenvalue weighted by Crippen LogP contribution is 2.24. The average molecular weight is 238 g/mol. The van der Waals surface area contributed by atoms with Gasteiger partial charge < -0.3 is 4.74 Å². The molecule has 0 aromatic rings. The zero-order valence-corrected chi connectivity index (χ0v) is 11.9. The first-order chi connectivity index (χ1) is 7.79. The van der Waals surface area contributed by atoms with Gasteiger partial charge in [-0.2, -0.15) is 0 Å². The lowest BCUT2D eigenvalue weighted by Crippen LogP contribution is -2.58. The molecule has 0 aromatic carbocycles. The van der Waals surface area contributed by atoms with E-state index in [4.69, 9.17) is 11.2 Å². The zero-order chi connectivity index (χ0) is 13.1. The van der Waals surface area contributed by atoms with E-state index < -0.39 is 0 Å². The normalized spacial score (nSPS) is 19.4. The third kappa shape index (κ3) is 3.70. The smallest absolute Gasteiger partial charge is 0.0768 e. The van der Waals surface area contributed by atoms with Crippen molar-refractivity contribution in [2.45, 2.75) is 38.8 Å². The molecule has 3 heteroatoms. The lowest BCUT2D eigenvalue weighted by Gasteiger charge is -2.46. The Morgan fingerprint density at radius 2 is 1.76 bits per heavy atom. The van der Waals surface area contributed by atoms with Crippen LogP contribution in [0.5, 0.6) is 0 Å². The molecule has 0 atom stereocenters. The summed E-state index contributed by atoms with van der Waals surface area (Å²) >= 11 is 0. The molecule has 1 rings (SSSR count). The minimum atomic E-state index is -0.213. The highest BCUT2D eigenvalue weighted by Gasteiger charge is 2.35. The third-order valence-corrected chi connectivity index (χ3v) is 3.81. The number of nitrogens with zero attached hydrogens (tertiary/aromatic N) is 2. The van der Waals surface area contributed by atoms with Crippen molar-refractivity contribution in [2.75, 3.05) is 39.9 Å². The van der Waals surface area contributed by atoms with Crippen LogP contribution in [0.2, 0.25) is 0 Å². The molecule has 0 unspecified atom stereocenters. The molecule has 0 N–H and O–H groups in total. The van der Waals surface area contributed by atoms with Crippen LogP contribution < -0.4 is 0 Å². The molecular formula is C14H26N2O. The lowest BCUT2D eigenvalue weighted by molar-refractivity contribution is -0.00483. The molecule has 0 amide bonds. The first-order valence-corrected chi connectivity index (χ1v) is 6.31. The van der Waals surface area contributed by atoms with Crippen LogP contribution in [0.3, 0.4) is 0 Å². The van der Waals surface area contributed by atoms with E-state index in [0.717, 1.165) is 32.8 Å². The van der Waals surface area contributed by atoms with E-state index in [1.54, 1.807) is 0 Å². The number of terminal acetylenes is 1. The Kier molecular flexibility index (Phi) is 4.60. The minimum Gasteiger partial charge on any atom is -0.379 e. The SMILES string of the molecule is C#CC(C)(C)N(C)C(C)(C)CN1CCOCC1. The van der Waals surface area contributed by atoms with E-state index in [9.17, 15) is 0 Å². The van der Waals surface area contributed by atoms with E-state index in [1.807, 2.05) is 0 Å². The van der Waals surface area contributed by atoms with Crippen LogP contribution in [-0.2, 0) is 4.74 Å². The summed E-state index contributed by atoms with van der Waals surface area (Å²) in [5.41, 5.74) is -0.150. The largest absolute Gasteiger partial charge is 0.379 e. The Balaban J connectivity index is 2.63. The molecule has 98 valence electrons. The van der Waals surface area contributed by atoms with Crippen LogP contribution in [0.25, 0.3) is 0 Å². The number of rotatable bonds is 4. The van der Waals surface area contributed by atoms with Crippen molar-refractivity contribution in [3.8, 4) is 12.3 Å². The number of ether oxygens (including phenoxy) is 1. The molecule has 1 heterocycles. The molecule has 3 nitrogen and oxygen atoms in total. The van der Waals surface area contributed by atoms with E-state index in [1.165, 1.54) is 0 Å². The minimum absolute atomic E-state index is 0.0627. The quantitative estimate of drug-likeness (QED) is 0.689. The summed E-state index contributed by atoms with van der Waals surface area (Å²) in [5.74, 6) is 2.87. The predicted molar refractivity (Wildman–Crippen MR) is 72.0 cm³/mol. The van der Waals surface area contributed by atoms with Gasteiger partial charge in [0.15, 0.2) is 0 Å². The van der Waals surface area contributed by atoms with Crippen LogP contribution in [0.1, 0.15) is 27.7 Å². The van der Waals surface area contributed by atoms with Gasteiger partial charge in [0, 0.05) is 25.2 Å². The molecule has 0 aromatic heterocycles. The van der Waals surface area contributed by atoms with E-state index in [0.29, 0.717) is 0 Å². The highest BCUT2D eigenvalue weighted by atomic mass is 16.5. The van der Waals surface area contributed by atoms with Gasteiger partial charge in [-0.15, -0.1) is 6.42 Å². The number of hydrogen-bond donors (Lipinski definition) is 0. The second kappa shape index (κ2) is 5.39. The van der Waals surface area contributed by atoms with Crippen molar-refractivity contribution in [3.63, 3.8) is 0 Å².